The van der Waals surface area contributed by atoms with Crippen molar-refractivity contribution in [2.24, 2.45) is 5.92 Å². The molecule has 1 aromatic carbocycles. The Kier molecular flexibility index (Phi) is 3.97. The summed E-state index contributed by atoms with van der Waals surface area (Å²) in [7, 11) is 0. The van der Waals surface area contributed by atoms with E-state index in [4.69, 9.17) is 10.2 Å². The molecule has 0 saturated carbocycles. The van der Waals surface area contributed by atoms with Crippen LogP contribution in [0.15, 0.2) is 18.2 Å². The van der Waals surface area contributed by atoms with Crippen LogP contribution in [0, 0.1) is 11.7 Å². The Morgan fingerprint density at radius 3 is 2.82 bits per heavy atom. The maximum absolute atomic E-state index is 13.3. The summed E-state index contributed by atoms with van der Waals surface area (Å²) in [6.45, 7) is 1.82. The van der Waals surface area contributed by atoms with E-state index in [-0.39, 0.29) is 19.0 Å². The molecule has 94 valence electrons. The molecule has 0 aromatic heterocycles. The normalized spacial score (nSPS) is 19.9. The van der Waals surface area contributed by atoms with Gasteiger partial charge in [-0.1, -0.05) is 0 Å². The van der Waals surface area contributed by atoms with Gasteiger partial charge in [0.1, 0.15) is 5.82 Å². The molecule has 1 atom stereocenters. The Hall–Kier alpha value is -1.13. The van der Waals surface area contributed by atoms with Crippen LogP contribution in [0.5, 0.6) is 0 Å². The highest BCUT2D eigenvalue weighted by Gasteiger charge is 2.22. The lowest BCUT2D eigenvalue weighted by Gasteiger charge is -2.19. The molecule has 1 saturated heterocycles. The van der Waals surface area contributed by atoms with Crippen molar-refractivity contribution in [2.45, 2.75) is 19.4 Å². The van der Waals surface area contributed by atoms with Crippen molar-refractivity contribution < 1.29 is 14.6 Å². The number of halogens is 1. The van der Waals surface area contributed by atoms with E-state index >= 15 is 0 Å². The highest BCUT2D eigenvalue weighted by atomic mass is 19.1. The number of hydrogen-bond acceptors (Lipinski definition) is 3. The van der Waals surface area contributed by atoms with Crippen LogP contribution >= 0.6 is 0 Å². The summed E-state index contributed by atoms with van der Waals surface area (Å²) in [5, 5.41) is 17.9. The highest BCUT2D eigenvalue weighted by molar-refractivity contribution is 5.49. The largest absolute Gasteiger partial charge is 0.396 e. The summed E-state index contributed by atoms with van der Waals surface area (Å²) in [5.41, 5.74) is 1.43. The summed E-state index contributed by atoms with van der Waals surface area (Å²) in [6.07, 6.45) is 1.84. The van der Waals surface area contributed by atoms with Crippen LogP contribution in [0.1, 0.15) is 18.4 Å². The third-order valence-corrected chi connectivity index (χ3v) is 3.31. The fourth-order valence-corrected chi connectivity index (χ4v) is 2.39. The van der Waals surface area contributed by atoms with Crippen LogP contribution in [0.25, 0.3) is 0 Å². The summed E-state index contributed by atoms with van der Waals surface area (Å²) in [4.78, 5) is 2.11. The SMILES string of the molecule is OCCC1CCN(c2cc(F)cc(CO)c2)C1. The molecule has 1 heterocycles. The average molecular weight is 239 g/mol. The van der Waals surface area contributed by atoms with Crippen molar-refractivity contribution in [1.82, 2.24) is 0 Å². The van der Waals surface area contributed by atoms with Gasteiger partial charge >= 0.3 is 0 Å². The maximum Gasteiger partial charge on any atom is 0.125 e. The molecular formula is C13H18FNO2. The fourth-order valence-electron chi connectivity index (χ4n) is 2.39. The Bertz CT molecular complexity index is 384. The molecule has 17 heavy (non-hydrogen) atoms. The highest BCUT2D eigenvalue weighted by Crippen LogP contribution is 2.27. The molecule has 2 N–H and O–H groups in total. The van der Waals surface area contributed by atoms with Gasteiger partial charge in [0.25, 0.3) is 0 Å². The van der Waals surface area contributed by atoms with Crippen LogP contribution < -0.4 is 4.90 Å². The van der Waals surface area contributed by atoms with Gasteiger partial charge < -0.3 is 15.1 Å². The van der Waals surface area contributed by atoms with Crippen molar-refractivity contribution in [3.63, 3.8) is 0 Å². The molecular weight excluding hydrogens is 221 g/mol. The number of aliphatic hydroxyl groups excluding tert-OH is 2. The topological polar surface area (TPSA) is 43.7 Å². The van der Waals surface area contributed by atoms with E-state index in [0.29, 0.717) is 11.5 Å². The molecule has 3 nitrogen and oxygen atoms in total. The molecule has 0 aliphatic carbocycles. The van der Waals surface area contributed by atoms with Crippen molar-refractivity contribution >= 4 is 5.69 Å². The fraction of sp³-hybridized carbons (Fsp3) is 0.538. The molecule has 1 aliphatic heterocycles. The zero-order valence-electron chi connectivity index (χ0n) is 9.77. The first-order valence-corrected chi connectivity index (χ1v) is 5.99. The van der Waals surface area contributed by atoms with Crippen molar-refractivity contribution in [3.05, 3.63) is 29.6 Å². The van der Waals surface area contributed by atoms with Gasteiger partial charge in [-0.25, -0.2) is 4.39 Å². The monoisotopic (exact) mass is 239 g/mol. The predicted molar refractivity (Wildman–Crippen MR) is 64.3 cm³/mol. The van der Waals surface area contributed by atoms with Gasteiger partial charge in [0, 0.05) is 25.4 Å². The van der Waals surface area contributed by atoms with Crippen LogP contribution in [0.3, 0.4) is 0 Å². The molecule has 0 radical (unpaired) electrons. The quantitative estimate of drug-likeness (QED) is 0.837. The standard InChI is InChI=1S/C13H18FNO2/c14-12-5-11(9-17)6-13(7-12)15-3-1-10(8-15)2-4-16/h5-7,10,16-17H,1-4,8-9H2. The molecule has 0 spiro atoms. The first-order chi connectivity index (χ1) is 8.22. The predicted octanol–water partition coefficient (Wildman–Crippen LogP) is 1.53. The molecule has 1 fully saturated rings. The first kappa shape index (κ1) is 12.3. The molecule has 4 heteroatoms. The van der Waals surface area contributed by atoms with Gasteiger partial charge in [-0.3, -0.25) is 0 Å². The Balaban J connectivity index is 2.10. The smallest absolute Gasteiger partial charge is 0.125 e. The molecule has 0 amide bonds. The second-order valence-electron chi connectivity index (χ2n) is 4.59. The minimum atomic E-state index is -0.308. The van der Waals surface area contributed by atoms with Gasteiger partial charge in [-0.2, -0.15) is 0 Å². The second kappa shape index (κ2) is 5.47. The lowest BCUT2D eigenvalue weighted by molar-refractivity contribution is 0.263. The summed E-state index contributed by atoms with van der Waals surface area (Å²) in [6, 6.07) is 4.68. The van der Waals surface area contributed by atoms with Crippen LogP contribution in [0.4, 0.5) is 10.1 Å². The summed E-state index contributed by atoms with van der Waals surface area (Å²) >= 11 is 0. The molecule has 1 aliphatic rings. The number of rotatable bonds is 4. The van der Waals surface area contributed by atoms with E-state index in [1.807, 2.05) is 6.07 Å². The molecule has 1 aromatic rings. The van der Waals surface area contributed by atoms with Crippen molar-refractivity contribution in [2.75, 3.05) is 24.6 Å². The molecule has 0 bridgehead atoms. The Morgan fingerprint density at radius 2 is 2.12 bits per heavy atom. The van der Waals surface area contributed by atoms with Crippen LogP contribution in [0.2, 0.25) is 0 Å². The minimum absolute atomic E-state index is 0.140. The third kappa shape index (κ3) is 2.96. The van der Waals surface area contributed by atoms with E-state index in [1.165, 1.54) is 12.1 Å². The van der Waals surface area contributed by atoms with Gasteiger partial charge in [-0.05, 0) is 42.5 Å². The zero-order chi connectivity index (χ0) is 12.3. The van der Waals surface area contributed by atoms with E-state index < -0.39 is 0 Å². The number of benzene rings is 1. The van der Waals surface area contributed by atoms with Crippen molar-refractivity contribution in [3.8, 4) is 0 Å². The number of hydrogen-bond donors (Lipinski definition) is 2. The lowest BCUT2D eigenvalue weighted by Crippen LogP contribution is -2.20. The second-order valence-corrected chi connectivity index (χ2v) is 4.59. The Morgan fingerprint density at radius 1 is 1.29 bits per heavy atom. The third-order valence-electron chi connectivity index (χ3n) is 3.31. The van der Waals surface area contributed by atoms with E-state index in [2.05, 4.69) is 4.90 Å². The van der Waals surface area contributed by atoms with Crippen LogP contribution in [-0.4, -0.2) is 29.9 Å². The first-order valence-electron chi connectivity index (χ1n) is 5.99. The molecule has 1 unspecified atom stereocenters. The average Bonchev–Trinajstić information content (AvgIpc) is 2.77. The number of aliphatic hydroxyl groups is 2. The van der Waals surface area contributed by atoms with E-state index in [0.717, 1.165) is 31.6 Å². The van der Waals surface area contributed by atoms with Gasteiger partial charge in [0.05, 0.1) is 6.61 Å². The summed E-state index contributed by atoms with van der Waals surface area (Å²) in [5.74, 6) is 0.179. The van der Waals surface area contributed by atoms with Gasteiger partial charge in [-0.15, -0.1) is 0 Å². The zero-order valence-corrected chi connectivity index (χ0v) is 9.77. The lowest BCUT2D eigenvalue weighted by atomic mass is 10.1. The number of nitrogens with zero attached hydrogens (tertiary/aromatic N) is 1. The summed E-state index contributed by atoms with van der Waals surface area (Å²) < 4.78 is 13.3. The van der Waals surface area contributed by atoms with Gasteiger partial charge in [0.2, 0.25) is 0 Å². The molecule has 2 rings (SSSR count). The van der Waals surface area contributed by atoms with E-state index in [9.17, 15) is 4.39 Å². The Labute approximate surface area is 100 Å². The van der Waals surface area contributed by atoms with Gasteiger partial charge in [0.15, 0.2) is 0 Å². The maximum atomic E-state index is 13.3. The van der Waals surface area contributed by atoms with Crippen molar-refractivity contribution in [1.29, 1.82) is 0 Å². The van der Waals surface area contributed by atoms with Crippen LogP contribution in [-0.2, 0) is 6.61 Å². The van der Waals surface area contributed by atoms with E-state index in [1.54, 1.807) is 0 Å². The minimum Gasteiger partial charge on any atom is -0.396 e. The number of anilines is 1.